The number of benzene rings is 3. The van der Waals surface area contributed by atoms with E-state index in [1.807, 2.05) is 0 Å². The van der Waals surface area contributed by atoms with Crippen LogP contribution in [0.1, 0.15) is 18.9 Å². The molecule has 1 aliphatic rings. The summed E-state index contributed by atoms with van der Waals surface area (Å²) in [6.07, 6.45) is 2.19. The first-order valence-electron chi connectivity index (χ1n) is 13.4. The Morgan fingerprint density at radius 2 is 1.57 bits per heavy atom. The number of carboxylic acids is 1. The van der Waals surface area contributed by atoms with E-state index in [4.69, 9.17) is 33.5 Å². The molecule has 5 N–H and O–H groups in total. The van der Waals surface area contributed by atoms with Gasteiger partial charge >= 0.3 is 17.3 Å². The number of sulfone groups is 1. The Balaban J connectivity index is 0.000000230. The molecule has 0 radical (unpaired) electrons. The quantitative estimate of drug-likeness (QED) is 0.163. The van der Waals surface area contributed by atoms with E-state index in [2.05, 4.69) is 15.1 Å². The van der Waals surface area contributed by atoms with Crippen molar-refractivity contribution in [1.29, 1.82) is 0 Å². The zero-order chi connectivity index (χ0) is 33.9. The fraction of sp³-hybridized carbons (Fsp3) is 0.143. The average molecular weight is 703 g/mol. The van der Waals surface area contributed by atoms with Crippen LogP contribution >= 0.6 is 23.2 Å². The van der Waals surface area contributed by atoms with Gasteiger partial charge in [-0.15, -0.1) is 0 Å². The molecule has 1 saturated carbocycles. The van der Waals surface area contributed by atoms with Gasteiger partial charge in [-0.1, -0.05) is 38.7 Å². The van der Waals surface area contributed by atoms with Crippen LogP contribution in [0, 0.1) is 5.92 Å². The number of aromatic nitrogens is 6. The molecule has 16 nitrogen and oxygen atoms in total. The van der Waals surface area contributed by atoms with Crippen LogP contribution in [0.25, 0.3) is 32.7 Å². The topological polar surface area (TPSA) is 239 Å². The van der Waals surface area contributed by atoms with Gasteiger partial charge in [0.2, 0.25) is 9.84 Å². The minimum absolute atomic E-state index is 0.00345. The summed E-state index contributed by atoms with van der Waals surface area (Å²) in [6, 6.07) is 11.2. The van der Waals surface area contributed by atoms with Gasteiger partial charge in [0.15, 0.2) is 0 Å². The fourth-order valence-electron chi connectivity index (χ4n) is 5.24. The molecule has 0 bridgehead atoms. The lowest BCUT2D eigenvalue weighted by atomic mass is 10.2. The van der Waals surface area contributed by atoms with Crippen LogP contribution in [0.2, 0.25) is 10.0 Å². The summed E-state index contributed by atoms with van der Waals surface area (Å²) in [7, 11) is -4.25. The van der Waals surface area contributed by atoms with Crippen LogP contribution in [0.5, 0.6) is 0 Å². The minimum Gasteiger partial charge on any atom is -0.481 e. The third-order valence-electron chi connectivity index (χ3n) is 7.61. The van der Waals surface area contributed by atoms with Crippen LogP contribution in [-0.4, -0.2) is 59.1 Å². The van der Waals surface area contributed by atoms with E-state index in [0.717, 1.165) is 0 Å². The van der Waals surface area contributed by atoms with Gasteiger partial charge in [0, 0.05) is 5.39 Å². The number of carboxylic acid groups (broad SMARTS) is 1. The summed E-state index contributed by atoms with van der Waals surface area (Å²) in [5.41, 5.74) is -3.57. The van der Waals surface area contributed by atoms with Crippen LogP contribution in [0.3, 0.4) is 0 Å². The van der Waals surface area contributed by atoms with Crippen LogP contribution < -0.4 is 22.5 Å². The molecule has 3 aromatic carbocycles. The van der Waals surface area contributed by atoms with Crippen LogP contribution in [-0.2, 0) is 14.6 Å². The predicted octanol–water partition coefficient (Wildman–Crippen LogP) is 2.38. The summed E-state index contributed by atoms with van der Waals surface area (Å²) in [5.74, 6) is -0.996. The van der Waals surface area contributed by atoms with Crippen molar-refractivity contribution in [2.45, 2.75) is 28.7 Å². The smallest absolute Gasteiger partial charge is 0.362 e. The summed E-state index contributed by atoms with van der Waals surface area (Å²) >= 11 is 11.8. The van der Waals surface area contributed by atoms with Crippen molar-refractivity contribution < 1.29 is 28.7 Å². The number of rotatable bonds is 5. The molecule has 0 unspecified atom stereocenters. The Labute approximate surface area is 270 Å². The molecule has 0 saturated heterocycles. The number of aliphatic carboxylic acids is 1. The molecule has 1 aliphatic carbocycles. The molecular formula is C28H20Cl2N6O10S. The Morgan fingerprint density at radius 3 is 2.28 bits per heavy atom. The molecule has 3 heterocycles. The van der Waals surface area contributed by atoms with Gasteiger partial charge in [-0.05, 0) is 54.8 Å². The Kier molecular flexibility index (Phi) is 7.69. The Bertz CT molecular complexity index is 2640. The summed E-state index contributed by atoms with van der Waals surface area (Å²) in [5, 5.41) is 32.4. The van der Waals surface area contributed by atoms with Crippen molar-refractivity contribution in [3.8, 4) is 0 Å². The van der Waals surface area contributed by atoms with Crippen molar-refractivity contribution in [2.24, 2.45) is 5.92 Å². The molecule has 47 heavy (non-hydrogen) atoms. The average Bonchev–Trinajstić information content (AvgIpc) is 3.63. The van der Waals surface area contributed by atoms with Crippen molar-refractivity contribution in [3.63, 3.8) is 0 Å². The molecule has 0 amide bonds. The van der Waals surface area contributed by atoms with Gasteiger partial charge in [-0.25, -0.2) is 18.0 Å². The summed E-state index contributed by atoms with van der Waals surface area (Å²) in [6.45, 7) is 0. The normalized spacial score (nSPS) is 15.9. The molecule has 6 aromatic rings. The number of hydrogen-bond acceptors (Lipinski definition) is 10. The van der Waals surface area contributed by atoms with Gasteiger partial charge < -0.3 is 25.5 Å². The lowest BCUT2D eigenvalue weighted by Gasteiger charge is -2.10. The number of carbonyl (C=O) groups is 1. The maximum Gasteiger partial charge on any atom is 0.362 e. The predicted molar refractivity (Wildman–Crippen MR) is 167 cm³/mol. The number of H-pyrrole nitrogens is 2. The summed E-state index contributed by atoms with van der Waals surface area (Å²) < 4.78 is 28.4. The van der Waals surface area contributed by atoms with E-state index >= 15 is 0 Å². The number of nitrogens with zero attached hydrogens (tertiary/aromatic N) is 4. The van der Waals surface area contributed by atoms with E-state index in [1.54, 1.807) is 23.0 Å². The number of nitrogens with one attached hydrogen (secondary N) is 2. The Morgan fingerprint density at radius 1 is 0.915 bits per heavy atom. The van der Waals surface area contributed by atoms with Crippen LogP contribution in [0.4, 0.5) is 0 Å². The first kappa shape index (κ1) is 31.6. The molecular weight excluding hydrogens is 683 g/mol. The number of halogens is 2. The highest BCUT2D eigenvalue weighted by Gasteiger charge is 2.41. The third-order valence-corrected chi connectivity index (χ3v) is 10.0. The lowest BCUT2D eigenvalue weighted by Crippen LogP contribution is -2.33. The largest absolute Gasteiger partial charge is 0.481 e. The molecule has 3 aromatic heterocycles. The number of aromatic amines is 2. The molecule has 7 rings (SSSR count). The monoisotopic (exact) mass is 702 g/mol. The van der Waals surface area contributed by atoms with E-state index < -0.39 is 38.3 Å². The second-order valence-electron chi connectivity index (χ2n) is 10.5. The van der Waals surface area contributed by atoms with Gasteiger partial charge in [0.05, 0.1) is 65.8 Å². The van der Waals surface area contributed by atoms with Gasteiger partial charge in [-0.2, -0.15) is 5.10 Å². The van der Waals surface area contributed by atoms with E-state index in [0.29, 0.717) is 22.8 Å². The number of fused-ring (bicyclic) bond motifs is 3. The highest BCUT2D eigenvalue weighted by molar-refractivity contribution is 7.91. The molecule has 242 valence electrons. The van der Waals surface area contributed by atoms with Crippen molar-refractivity contribution >= 4 is 71.7 Å². The van der Waals surface area contributed by atoms with Gasteiger partial charge in [-0.3, -0.25) is 19.1 Å². The zero-order valence-electron chi connectivity index (χ0n) is 23.4. The maximum absolute atomic E-state index is 13.5. The van der Waals surface area contributed by atoms with Crippen LogP contribution in [0.15, 0.2) is 83.7 Å². The highest BCUT2D eigenvalue weighted by atomic mass is 35.5. The number of hydrogen-bond donors (Lipinski definition) is 5. The first-order chi connectivity index (χ1) is 22.2. The zero-order valence-corrected chi connectivity index (χ0v) is 25.7. The van der Waals surface area contributed by atoms with Crippen molar-refractivity contribution in [2.75, 3.05) is 0 Å². The second-order valence-corrected chi connectivity index (χ2v) is 13.3. The molecule has 1 fully saturated rings. The molecule has 0 aliphatic heterocycles. The third kappa shape index (κ3) is 5.43. The van der Waals surface area contributed by atoms with Crippen molar-refractivity contribution in [3.05, 3.63) is 106 Å². The van der Waals surface area contributed by atoms with Gasteiger partial charge in [0.1, 0.15) is 0 Å². The minimum atomic E-state index is -4.25. The fourth-order valence-corrected chi connectivity index (χ4v) is 7.17. The van der Waals surface area contributed by atoms with E-state index in [9.17, 15) is 37.6 Å². The van der Waals surface area contributed by atoms with E-state index in [1.165, 1.54) is 36.4 Å². The maximum atomic E-state index is 13.5. The summed E-state index contributed by atoms with van der Waals surface area (Å²) in [4.78, 5) is 61.6. The van der Waals surface area contributed by atoms with Crippen molar-refractivity contribution in [1.82, 2.24) is 29.2 Å². The molecule has 2 atom stereocenters. The lowest BCUT2D eigenvalue weighted by molar-refractivity contribution is -0.137. The van der Waals surface area contributed by atoms with E-state index in [-0.39, 0.29) is 64.0 Å². The highest BCUT2D eigenvalue weighted by Crippen LogP contribution is 2.46. The molecule has 19 heteroatoms. The van der Waals surface area contributed by atoms with Gasteiger partial charge in [0.25, 0.3) is 11.1 Å². The standard InChI is InChI=1S/C20H15ClN4O7S.C8H5ClN2O3/c21-12-3-4-15(18-17(12)19(28)25(30)20(29)23-18)33(31,32)11-2-1-9-8-22-24(14(9)7-11)13-5-10(13)6-16(26)27;9-4-2-1-3-5-6(4)7(12)11(14)8(13)10-5/h1-4,7-8,10,13,30H,5-6H2,(H,23,29)(H,26,27);1-3,14H,(H,10,13)/t10-,13-;/m1./s1. The molecule has 0 spiro atoms. The SMILES string of the molecule is O=C(O)C[C@H]1C[C@H]1n1ncc2ccc(S(=O)(=O)c3ccc(Cl)c4c(=O)n(O)c(=O)[nH]c34)cc21.O=c1[nH]c2cccc(Cl)c2c(=O)n1O. The second kappa shape index (κ2) is 11.4. The Hall–Kier alpha value is -5.39. The first-order valence-corrected chi connectivity index (χ1v) is 15.7.